The summed E-state index contributed by atoms with van der Waals surface area (Å²) >= 11 is 1.23. The molecule has 1 aromatic heterocycles. The van der Waals surface area contributed by atoms with Gasteiger partial charge in [0.1, 0.15) is 10.0 Å². The van der Waals surface area contributed by atoms with E-state index in [9.17, 15) is 12.8 Å². The summed E-state index contributed by atoms with van der Waals surface area (Å²) in [5.74, 6) is -0.344. The van der Waals surface area contributed by atoms with Crippen molar-refractivity contribution in [3.05, 3.63) is 52.7 Å². The van der Waals surface area contributed by atoms with Gasteiger partial charge in [-0.15, -0.1) is 11.3 Å². The molecule has 2 N–H and O–H groups in total. The lowest BCUT2D eigenvalue weighted by atomic mass is 10.1. The molecule has 1 unspecified atom stereocenters. The van der Waals surface area contributed by atoms with Crippen molar-refractivity contribution in [1.82, 2.24) is 10.0 Å². The summed E-state index contributed by atoms with van der Waals surface area (Å²) < 4.78 is 40.4. The van der Waals surface area contributed by atoms with Gasteiger partial charge in [-0.25, -0.2) is 17.5 Å². The molecule has 0 saturated heterocycles. The van der Waals surface area contributed by atoms with Crippen LogP contribution in [0.2, 0.25) is 0 Å². The number of nitrogens with one attached hydrogen (secondary N) is 2. The topological polar surface area (TPSA) is 58.2 Å². The summed E-state index contributed by atoms with van der Waals surface area (Å²) in [6.45, 7) is 2.36. The minimum absolute atomic E-state index is 0.279. The van der Waals surface area contributed by atoms with Crippen LogP contribution in [0.15, 0.2) is 40.6 Å². The van der Waals surface area contributed by atoms with E-state index in [0.29, 0.717) is 12.1 Å². The molecular weight excluding hydrogens is 311 g/mol. The molecular formula is C14H17FN2O2S2. The van der Waals surface area contributed by atoms with Crippen molar-refractivity contribution in [3.63, 3.8) is 0 Å². The zero-order chi connectivity index (χ0) is 15.5. The lowest BCUT2D eigenvalue weighted by Crippen LogP contribution is -2.26. The van der Waals surface area contributed by atoms with Gasteiger partial charge in [-0.2, -0.15) is 0 Å². The Morgan fingerprint density at radius 2 is 1.86 bits per heavy atom. The van der Waals surface area contributed by atoms with Crippen molar-refractivity contribution in [2.45, 2.75) is 23.7 Å². The van der Waals surface area contributed by atoms with Gasteiger partial charge in [0.05, 0.1) is 0 Å². The van der Waals surface area contributed by atoms with Crippen LogP contribution in [-0.2, 0) is 16.6 Å². The third-order valence-electron chi connectivity index (χ3n) is 2.95. The zero-order valence-corrected chi connectivity index (χ0v) is 13.4. The maximum atomic E-state index is 12.9. The van der Waals surface area contributed by atoms with Crippen molar-refractivity contribution >= 4 is 21.4 Å². The first-order valence-electron chi connectivity index (χ1n) is 6.43. The van der Waals surface area contributed by atoms with Crippen molar-refractivity contribution in [2.24, 2.45) is 0 Å². The average Bonchev–Trinajstić information content (AvgIpc) is 2.89. The first-order valence-corrected chi connectivity index (χ1v) is 8.73. The maximum Gasteiger partial charge on any atom is 0.250 e. The number of halogens is 1. The Morgan fingerprint density at radius 3 is 2.48 bits per heavy atom. The second-order valence-electron chi connectivity index (χ2n) is 4.65. The van der Waals surface area contributed by atoms with Gasteiger partial charge in [-0.1, -0.05) is 12.1 Å². The summed E-state index contributed by atoms with van der Waals surface area (Å²) in [6, 6.07) is 8.74. The second-order valence-corrected chi connectivity index (χ2v) is 7.75. The molecule has 0 bridgehead atoms. The van der Waals surface area contributed by atoms with Gasteiger partial charge in [0, 0.05) is 17.5 Å². The summed E-state index contributed by atoms with van der Waals surface area (Å²) in [6.07, 6.45) is 0. The van der Waals surface area contributed by atoms with E-state index in [1.165, 1.54) is 23.5 Å². The van der Waals surface area contributed by atoms with Gasteiger partial charge in [-0.3, -0.25) is 0 Å². The Labute approximate surface area is 128 Å². The molecule has 0 aliphatic heterocycles. The second kappa shape index (κ2) is 6.65. The summed E-state index contributed by atoms with van der Waals surface area (Å²) in [5, 5.41) is 2.98. The van der Waals surface area contributed by atoms with Crippen LogP contribution < -0.4 is 10.0 Å². The van der Waals surface area contributed by atoms with E-state index in [0.717, 1.165) is 4.88 Å². The smallest absolute Gasteiger partial charge is 0.250 e. The Hall–Kier alpha value is -1.28. The Bertz CT molecular complexity index is 696. The number of benzene rings is 1. The average molecular weight is 328 g/mol. The lowest BCUT2D eigenvalue weighted by Gasteiger charge is -2.13. The highest BCUT2D eigenvalue weighted by molar-refractivity contribution is 7.91. The first-order chi connectivity index (χ1) is 9.92. The molecule has 0 spiro atoms. The van der Waals surface area contributed by atoms with Gasteiger partial charge in [0.15, 0.2) is 0 Å². The van der Waals surface area contributed by atoms with E-state index in [1.807, 2.05) is 7.05 Å². The van der Waals surface area contributed by atoms with Crippen molar-refractivity contribution in [3.8, 4) is 0 Å². The minimum Gasteiger partial charge on any atom is -0.315 e. The van der Waals surface area contributed by atoms with Crippen LogP contribution in [-0.4, -0.2) is 15.5 Å². The summed E-state index contributed by atoms with van der Waals surface area (Å²) in [4.78, 5) is 0.951. The molecule has 114 valence electrons. The highest BCUT2D eigenvalue weighted by atomic mass is 32.2. The Kier molecular flexibility index (Phi) is 5.10. The molecule has 2 aromatic rings. The lowest BCUT2D eigenvalue weighted by molar-refractivity contribution is 0.568. The molecule has 0 aliphatic carbocycles. The van der Waals surface area contributed by atoms with E-state index in [2.05, 4.69) is 10.0 Å². The monoisotopic (exact) mass is 328 g/mol. The number of thiophene rings is 1. The third kappa shape index (κ3) is 4.10. The normalized spacial score (nSPS) is 13.3. The summed E-state index contributed by atoms with van der Waals surface area (Å²) in [7, 11) is -1.76. The SMILES string of the molecule is CNCc1ccc(S(=O)(=O)NC(C)c2ccc(F)cc2)s1. The predicted molar refractivity (Wildman–Crippen MR) is 82.2 cm³/mol. The number of sulfonamides is 1. The van der Waals surface area contributed by atoms with E-state index in [4.69, 9.17) is 0 Å². The van der Waals surface area contributed by atoms with Gasteiger partial charge in [-0.05, 0) is 43.8 Å². The van der Waals surface area contributed by atoms with Crippen molar-refractivity contribution < 1.29 is 12.8 Å². The molecule has 0 saturated carbocycles. The maximum absolute atomic E-state index is 12.9. The van der Waals surface area contributed by atoms with E-state index >= 15 is 0 Å². The fraction of sp³-hybridized carbons (Fsp3) is 0.286. The Morgan fingerprint density at radius 1 is 1.19 bits per heavy atom. The van der Waals surface area contributed by atoms with Gasteiger partial charge in [0.2, 0.25) is 0 Å². The van der Waals surface area contributed by atoms with Crippen LogP contribution >= 0.6 is 11.3 Å². The standard InChI is InChI=1S/C14H17FN2O2S2/c1-10(11-3-5-12(15)6-4-11)17-21(18,19)14-8-7-13(20-14)9-16-2/h3-8,10,16-17H,9H2,1-2H3. The molecule has 0 aliphatic rings. The quantitative estimate of drug-likeness (QED) is 0.857. The fourth-order valence-electron chi connectivity index (χ4n) is 1.88. The van der Waals surface area contributed by atoms with E-state index in [1.54, 1.807) is 31.2 Å². The van der Waals surface area contributed by atoms with Crippen LogP contribution in [0.4, 0.5) is 4.39 Å². The zero-order valence-electron chi connectivity index (χ0n) is 11.8. The van der Waals surface area contributed by atoms with Crippen LogP contribution in [0.1, 0.15) is 23.4 Å². The first kappa shape index (κ1) is 16.1. The molecule has 1 aromatic carbocycles. The highest BCUT2D eigenvalue weighted by Crippen LogP contribution is 2.23. The molecule has 0 radical (unpaired) electrons. The Balaban J connectivity index is 2.14. The molecule has 0 fully saturated rings. The molecule has 4 nitrogen and oxygen atoms in total. The largest absolute Gasteiger partial charge is 0.315 e. The number of rotatable bonds is 6. The van der Waals surface area contributed by atoms with Crippen LogP contribution in [0.5, 0.6) is 0 Å². The molecule has 1 atom stereocenters. The molecule has 1 heterocycles. The van der Waals surface area contributed by atoms with Crippen molar-refractivity contribution in [1.29, 1.82) is 0 Å². The van der Waals surface area contributed by atoms with Crippen LogP contribution in [0.3, 0.4) is 0 Å². The third-order valence-corrected chi connectivity index (χ3v) is 6.07. The fourth-order valence-corrected chi connectivity index (χ4v) is 4.50. The highest BCUT2D eigenvalue weighted by Gasteiger charge is 2.20. The van der Waals surface area contributed by atoms with Gasteiger partial charge >= 0.3 is 0 Å². The molecule has 0 amide bonds. The van der Waals surface area contributed by atoms with Crippen molar-refractivity contribution in [2.75, 3.05) is 7.05 Å². The molecule has 2 rings (SSSR count). The van der Waals surface area contributed by atoms with Gasteiger partial charge < -0.3 is 5.32 Å². The molecule has 21 heavy (non-hydrogen) atoms. The predicted octanol–water partition coefficient (Wildman–Crippen LogP) is 2.65. The number of hydrogen-bond acceptors (Lipinski definition) is 4. The van der Waals surface area contributed by atoms with Crippen LogP contribution in [0.25, 0.3) is 0 Å². The minimum atomic E-state index is -3.57. The van der Waals surface area contributed by atoms with E-state index < -0.39 is 16.1 Å². The van der Waals surface area contributed by atoms with Crippen LogP contribution in [0, 0.1) is 5.82 Å². The number of hydrogen-bond donors (Lipinski definition) is 2. The van der Waals surface area contributed by atoms with E-state index in [-0.39, 0.29) is 10.0 Å². The summed E-state index contributed by atoms with van der Waals surface area (Å²) in [5.41, 5.74) is 0.715. The molecule has 7 heteroatoms. The van der Waals surface area contributed by atoms with Gasteiger partial charge in [0.25, 0.3) is 10.0 Å².